The zero-order valence-corrected chi connectivity index (χ0v) is 11.0. The standard InChI is InChI=1S/C14H17ClS/c15-14-9-12(16-11-5-1-2-6-11)8-10-4-3-7-13(10)14/h8-9,11H,1-7H2. The van der Waals surface area contributed by atoms with Gasteiger partial charge >= 0.3 is 0 Å². The second kappa shape index (κ2) is 4.62. The lowest BCUT2D eigenvalue weighted by Gasteiger charge is -2.11. The zero-order chi connectivity index (χ0) is 11.0. The third-order valence-electron chi connectivity index (χ3n) is 3.74. The highest BCUT2D eigenvalue weighted by Gasteiger charge is 2.19. The fourth-order valence-electron chi connectivity index (χ4n) is 2.89. The molecule has 0 unspecified atom stereocenters. The quantitative estimate of drug-likeness (QED) is 0.724. The Labute approximate surface area is 107 Å². The van der Waals surface area contributed by atoms with E-state index in [0.29, 0.717) is 0 Å². The topological polar surface area (TPSA) is 0 Å². The molecule has 3 rings (SSSR count). The van der Waals surface area contributed by atoms with Crippen LogP contribution in [-0.4, -0.2) is 5.25 Å². The van der Waals surface area contributed by atoms with Gasteiger partial charge in [0.15, 0.2) is 0 Å². The molecule has 0 aliphatic heterocycles. The second-order valence-corrected chi connectivity index (χ2v) is 6.70. The molecule has 16 heavy (non-hydrogen) atoms. The van der Waals surface area contributed by atoms with Crippen molar-refractivity contribution < 1.29 is 0 Å². The molecule has 0 nitrogen and oxygen atoms in total. The van der Waals surface area contributed by atoms with Crippen LogP contribution in [0.3, 0.4) is 0 Å². The third-order valence-corrected chi connectivity index (χ3v) is 5.39. The van der Waals surface area contributed by atoms with Crippen LogP contribution in [-0.2, 0) is 12.8 Å². The van der Waals surface area contributed by atoms with Gasteiger partial charge in [0.1, 0.15) is 0 Å². The Morgan fingerprint density at radius 1 is 1.06 bits per heavy atom. The minimum Gasteiger partial charge on any atom is -0.123 e. The summed E-state index contributed by atoms with van der Waals surface area (Å²) in [5.41, 5.74) is 2.92. The average molecular weight is 253 g/mol. The minimum atomic E-state index is 0.843. The first kappa shape index (κ1) is 11.0. The van der Waals surface area contributed by atoms with Crippen LogP contribution in [0.15, 0.2) is 17.0 Å². The first-order valence-electron chi connectivity index (χ1n) is 6.31. The molecular weight excluding hydrogens is 236 g/mol. The Morgan fingerprint density at radius 2 is 1.88 bits per heavy atom. The maximum Gasteiger partial charge on any atom is 0.0451 e. The van der Waals surface area contributed by atoms with E-state index in [1.807, 2.05) is 11.8 Å². The molecule has 0 aromatic heterocycles. The summed E-state index contributed by atoms with van der Waals surface area (Å²) in [6, 6.07) is 4.58. The smallest absolute Gasteiger partial charge is 0.0451 e. The molecule has 0 amide bonds. The number of halogens is 1. The van der Waals surface area contributed by atoms with Crippen molar-refractivity contribution in [2.24, 2.45) is 0 Å². The molecule has 1 aromatic carbocycles. The van der Waals surface area contributed by atoms with Gasteiger partial charge < -0.3 is 0 Å². The maximum absolute atomic E-state index is 6.35. The highest BCUT2D eigenvalue weighted by Crippen LogP contribution is 2.39. The fourth-order valence-corrected chi connectivity index (χ4v) is 4.64. The van der Waals surface area contributed by atoms with E-state index in [-0.39, 0.29) is 0 Å². The van der Waals surface area contributed by atoms with Gasteiger partial charge in [-0.2, -0.15) is 0 Å². The van der Waals surface area contributed by atoms with Gasteiger partial charge in [0, 0.05) is 15.2 Å². The Hall–Kier alpha value is -0.140. The lowest BCUT2D eigenvalue weighted by atomic mass is 10.1. The van der Waals surface area contributed by atoms with Crippen LogP contribution in [0.2, 0.25) is 5.02 Å². The van der Waals surface area contributed by atoms with Gasteiger partial charge in [0.2, 0.25) is 0 Å². The number of fused-ring (bicyclic) bond motifs is 1. The van der Waals surface area contributed by atoms with E-state index < -0.39 is 0 Å². The molecule has 0 atom stereocenters. The van der Waals surface area contributed by atoms with Crippen LogP contribution in [0.5, 0.6) is 0 Å². The van der Waals surface area contributed by atoms with E-state index in [1.165, 1.54) is 61.0 Å². The summed E-state index contributed by atoms with van der Waals surface area (Å²) in [5, 5.41) is 1.85. The molecule has 2 heteroatoms. The summed E-state index contributed by atoms with van der Waals surface area (Å²) in [7, 11) is 0. The van der Waals surface area contributed by atoms with E-state index >= 15 is 0 Å². The number of thioether (sulfide) groups is 1. The van der Waals surface area contributed by atoms with Crippen LogP contribution in [0, 0.1) is 0 Å². The number of benzene rings is 1. The van der Waals surface area contributed by atoms with Crippen LogP contribution in [0.4, 0.5) is 0 Å². The van der Waals surface area contributed by atoms with E-state index in [2.05, 4.69) is 12.1 Å². The second-order valence-electron chi connectivity index (χ2n) is 4.92. The molecule has 0 radical (unpaired) electrons. The molecule has 2 aliphatic rings. The molecule has 1 saturated carbocycles. The Kier molecular flexibility index (Phi) is 3.17. The summed E-state index contributed by atoms with van der Waals surface area (Å²) >= 11 is 8.39. The van der Waals surface area contributed by atoms with Crippen molar-refractivity contribution in [3.05, 3.63) is 28.3 Å². The lowest BCUT2D eigenvalue weighted by molar-refractivity contribution is 0.886. The van der Waals surface area contributed by atoms with Gasteiger partial charge in [0.25, 0.3) is 0 Å². The van der Waals surface area contributed by atoms with Gasteiger partial charge in [-0.05, 0) is 55.4 Å². The molecule has 1 fully saturated rings. The maximum atomic E-state index is 6.35. The van der Waals surface area contributed by atoms with Gasteiger partial charge in [-0.1, -0.05) is 24.4 Å². The number of hydrogen-bond acceptors (Lipinski definition) is 1. The largest absolute Gasteiger partial charge is 0.123 e. The Bertz CT molecular complexity index is 394. The molecule has 0 N–H and O–H groups in total. The lowest BCUT2D eigenvalue weighted by Crippen LogP contribution is -1.94. The van der Waals surface area contributed by atoms with E-state index in [4.69, 9.17) is 11.6 Å². The predicted octanol–water partition coefficient (Wildman–Crippen LogP) is 4.86. The number of hydrogen-bond donors (Lipinski definition) is 0. The third kappa shape index (κ3) is 2.12. The van der Waals surface area contributed by atoms with Crippen LogP contribution < -0.4 is 0 Å². The highest BCUT2D eigenvalue weighted by molar-refractivity contribution is 8.00. The predicted molar refractivity (Wildman–Crippen MR) is 71.6 cm³/mol. The van der Waals surface area contributed by atoms with Crippen molar-refractivity contribution in [3.8, 4) is 0 Å². The van der Waals surface area contributed by atoms with Gasteiger partial charge in [-0.25, -0.2) is 0 Å². The highest BCUT2D eigenvalue weighted by atomic mass is 35.5. The molecule has 0 saturated heterocycles. The SMILES string of the molecule is Clc1cc(SC2CCCC2)cc2c1CCC2. The van der Waals surface area contributed by atoms with E-state index in [9.17, 15) is 0 Å². The van der Waals surface area contributed by atoms with Crippen LogP contribution in [0.1, 0.15) is 43.2 Å². The van der Waals surface area contributed by atoms with Crippen molar-refractivity contribution in [2.75, 3.05) is 0 Å². The first-order valence-corrected chi connectivity index (χ1v) is 7.56. The summed E-state index contributed by atoms with van der Waals surface area (Å²) in [6.45, 7) is 0. The monoisotopic (exact) mass is 252 g/mol. The van der Waals surface area contributed by atoms with Gasteiger partial charge in [-0.15, -0.1) is 11.8 Å². The molecule has 0 bridgehead atoms. The minimum absolute atomic E-state index is 0.843. The number of rotatable bonds is 2. The molecule has 0 spiro atoms. The molecule has 1 aromatic rings. The van der Waals surface area contributed by atoms with Crippen molar-refractivity contribution in [1.82, 2.24) is 0 Å². The van der Waals surface area contributed by atoms with E-state index in [1.54, 1.807) is 0 Å². The van der Waals surface area contributed by atoms with Gasteiger partial charge in [-0.3, -0.25) is 0 Å². The Balaban J connectivity index is 1.82. The fraction of sp³-hybridized carbons (Fsp3) is 0.571. The van der Waals surface area contributed by atoms with Crippen molar-refractivity contribution in [2.45, 2.75) is 55.1 Å². The van der Waals surface area contributed by atoms with E-state index in [0.717, 1.165) is 10.3 Å². The Morgan fingerprint density at radius 3 is 2.69 bits per heavy atom. The summed E-state index contributed by atoms with van der Waals surface area (Å²) in [5.74, 6) is 0. The molecular formula is C14H17ClS. The zero-order valence-electron chi connectivity index (χ0n) is 9.47. The van der Waals surface area contributed by atoms with Crippen molar-refractivity contribution in [1.29, 1.82) is 0 Å². The summed E-state index contributed by atoms with van der Waals surface area (Å²) in [4.78, 5) is 1.40. The van der Waals surface area contributed by atoms with Crippen molar-refractivity contribution >= 4 is 23.4 Å². The summed E-state index contributed by atoms with van der Waals surface area (Å²) < 4.78 is 0. The summed E-state index contributed by atoms with van der Waals surface area (Å²) in [6.07, 6.45) is 9.30. The number of aryl methyl sites for hydroxylation is 1. The first-order chi connectivity index (χ1) is 7.83. The average Bonchev–Trinajstić information content (AvgIpc) is 2.87. The molecule has 2 aliphatic carbocycles. The van der Waals surface area contributed by atoms with Gasteiger partial charge in [0.05, 0.1) is 0 Å². The molecule has 86 valence electrons. The van der Waals surface area contributed by atoms with Crippen molar-refractivity contribution in [3.63, 3.8) is 0 Å². The van der Waals surface area contributed by atoms with Crippen LogP contribution in [0.25, 0.3) is 0 Å². The molecule has 0 heterocycles. The van der Waals surface area contributed by atoms with Crippen LogP contribution >= 0.6 is 23.4 Å². The normalized spacial score (nSPS) is 20.3.